The monoisotopic (exact) mass is 649 g/mol. The fraction of sp³-hybridized carbons (Fsp3) is 0.214. The van der Waals surface area contributed by atoms with Crippen LogP contribution in [0.25, 0.3) is 11.0 Å². The second-order valence-corrected chi connectivity index (χ2v) is 12.0. The number of phenols is 1. The van der Waals surface area contributed by atoms with E-state index in [1.807, 2.05) is 0 Å². The Morgan fingerprint density at radius 3 is 2.62 bits per heavy atom. The van der Waals surface area contributed by atoms with Crippen LogP contribution in [0.3, 0.4) is 0 Å². The molecule has 1 fully saturated rings. The number of aliphatic carboxylic acids is 1. The molecule has 17 heteroatoms. The highest BCUT2D eigenvalue weighted by molar-refractivity contribution is 8.01. The van der Waals surface area contributed by atoms with Crippen molar-refractivity contribution >= 4 is 58.2 Å². The van der Waals surface area contributed by atoms with Crippen molar-refractivity contribution in [2.45, 2.75) is 22.6 Å². The third kappa shape index (κ3) is 5.62. The van der Waals surface area contributed by atoms with E-state index in [0.29, 0.717) is 10.7 Å². The van der Waals surface area contributed by atoms with Gasteiger partial charge in [-0.1, -0.05) is 36.0 Å². The molecule has 2 aliphatic rings. The topological polar surface area (TPSA) is 210 Å². The average molecular weight is 650 g/mol. The first-order valence-electron chi connectivity index (χ1n) is 13.3. The van der Waals surface area contributed by atoms with Gasteiger partial charge in [-0.3, -0.25) is 24.1 Å². The van der Waals surface area contributed by atoms with Gasteiger partial charge in [0.15, 0.2) is 0 Å². The maximum Gasteiger partial charge on any atom is 0.352 e. The zero-order chi connectivity index (χ0) is 31.8. The summed E-state index contributed by atoms with van der Waals surface area (Å²) in [6, 6.07) is 9.37. The van der Waals surface area contributed by atoms with Crippen LogP contribution in [-0.4, -0.2) is 81.9 Å². The van der Waals surface area contributed by atoms with E-state index in [2.05, 4.69) is 26.2 Å². The second kappa shape index (κ2) is 12.1. The Morgan fingerprint density at radius 1 is 1.16 bits per heavy atom. The van der Waals surface area contributed by atoms with Crippen molar-refractivity contribution in [2.24, 2.45) is 7.05 Å². The molecule has 3 amide bonds. The number of hydrogen-bond acceptors (Lipinski definition) is 12. The zero-order valence-corrected chi connectivity index (χ0v) is 24.9. The number of fused-ring (bicyclic) bond motifs is 2. The summed E-state index contributed by atoms with van der Waals surface area (Å²) >= 11 is 2.51. The lowest BCUT2D eigenvalue weighted by molar-refractivity contribution is -0.151. The molecule has 0 spiro atoms. The Bertz CT molecular complexity index is 1940. The summed E-state index contributed by atoms with van der Waals surface area (Å²) < 4.78 is 6.89. The number of thioether (sulfide) groups is 2. The molecule has 230 valence electrons. The van der Waals surface area contributed by atoms with E-state index in [1.165, 1.54) is 58.5 Å². The first-order chi connectivity index (χ1) is 21.6. The van der Waals surface area contributed by atoms with Crippen molar-refractivity contribution < 1.29 is 33.8 Å². The first-order valence-corrected chi connectivity index (χ1v) is 15.3. The fourth-order valence-electron chi connectivity index (χ4n) is 4.94. The number of β-lactam (4-membered cyclic amide) rings is 1. The van der Waals surface area contributed by atoms with Gasteiger partial charge in [-0.15, -0.1) is 16.9 Å². The molecule has 0 saturated carbocycles. The number of carbonyl (C=O) groups is 4. The smallest absolute Gasteiger partial charge is 0.352 e. The Balaban J connectivity index is 1.22. The minimum absolute atomic E-state index is 0.0831. The van der Waals surface area contributed by atoms with Crippen LogP contribution in [0.2, 0.25) is 0 Å². The van der Waals surface area contributed by atoms with Crippen molar-refractivity contribution in [3.05, 3.63) is 87.4 Å². The number of rotatable bonds is 9. The maximum absolute atomic E-state index is 13.6. The summed E-state index contributed by atoms with van der Waals surface area (Å²) in [5, 5.41) is 36.0. The maximum atomic E-state index is 13.6. The number of aromatic nitrogens is 4. The van der Waals surface area contributed by atoms with E-state index < -0.39 is 46.6 Å². The lowest BCUT2D eigenvalue weighted by Crippen LogP contribution is -2.71. The quantitative estimate of drug-likeness (QED) is 0.148. The van der Waals surface area contributed by atoms with Gasteiger partial charge in [0.2, 0.25) is 16.5 Å². The number of carbonyl (C=O) groups excluding carboxylic acids is 3. The predicted octanol–water partition coefficient (Wildman–Crippen LogP) is 1.02. The van der Waals surface area contributed by atoms with Crippen molar-refractivity contribution in [1.82, 2.24) is 35.7 Å². The number of carboxylic acid groups (broad SMARTS) is 1. The SMILES string of the molecule is Cn1nnnc1SCC1=C(C(=O)O)N2C(=O)[C@@H](NC(=O)C(NC(=O)c3coc4ccccc4c3=O)c3ccc(O)cc3)[C@@H]2SC1. The Labute approximate surface area is 261 Å². The number of aromatic hydroxyl groups is 1. The van der Waals surface area contributed by atoms with Gasteiger partial charge in [-0.05, 0) is 45.8 Å². The van der Waals surface area contributed by atoms with Gasteiger partial charge in [0, 0.05) is 18.6 Å². The van der Waals surface area contributed by atoms with Gasteiger partial charge in [0.1, 0.15) is 46.3 Å². The second-order valence-electron chi connectivity index (χ2n) is 10.00. The van der Waals surface area contributed by atoms with Gasteiger partial charge in [0.25, 0.3) is 11.8 Å². The van der Waals surface area contributed by atoms with Crippen LogP contribution < -0.4 is 16.1 Å². The number of nitrogens with one attached hydrogen (secondary N) is 2. The highest BCUT2D eigenvalue weighted by Gasteiger charge is 2.54. The van der Waals surface area contributed by atoms with Gasteiger partial charge in [-0.25, -0.2) is 9.48 Å². The molecule has 0 bridgehead atoms. The Kier molecular flexibility index (Phi) is 8.03. The van der Waals surface area contributed by atoms with Gasteiger partial charge in [-0.2, -0.15) is 0 Å². The third-order valence-electron chi connectivity index (χ3n) is 7.19. The lowest BCUT2D eigenvalue weighted by Gasteiger charge is -2.49. The molecule has 1 unspecified atom stereocenters. The third-order valence-corrected chi connectivity index (χ3v) is 9.63. The number of aryl methyl sites for hydroxylation is 1. The molecule has 3 atom stereocenters. The zero-order valence-electron chi connectivity index (χ0n) is 23.2. The molecule has 2 aromatic heterocycles. The molecule has 1 saturated heterocycles. The summed E-state index contributed by atoms with van der Waals surface area (Å²) in [5.41, 5.74) is -0.0565. The average Bonchev–Trinajstić information content (AvgIpc) is 3.45. The van der Waals surface area contributed by atoms with Gasteiger partial charge >= 0.3 is 5.97 Å². The molecule has 6 rings (SSSR count). The minimum Gasteiger partial charge on any atom is -0.508 e. The highest BCUT2D eigenvalue weighted by Crippen LogP contribution is 2.41. The van der Waals surface area contributed by atoms with Gasteiger partial charge in [0.05, 0.1) is 5.39 Å². The molecule has 0 aliphatic carbocycles. The number of nitrogens with zero attached hydrogens (tertiary/aromatic N) is 5. The number of carboxylic acids is 1. The molecule has 2 aliphatic heterocycles. The summed E-state index contributed by atoms with van der Waals surface area (Å²) in [4.78, 5) is 66.6. The van der Waals surface area contributed by atoms with E-state index >= 15 is 0 Å². The number of phenolic OH excluding ortho intramolecular Hbond substituents is 1. The number of benzene rings is 2. The highest BCUT2D eigenvalue weighted by atomic mass is 32.2. The van der Waals surface area contributed by atoms with Crippen LogP contribution in [0.15, 0.2) is 80.4 Å². The normalized spacial score (nSPS) is 18.2. The van der Waals surface area contributed by atoms with E-state index in [-0.39, 0.29) is 45.0 Å². The number of para-hydroxylation sites is 1. The summed E-state index contributed by atoms with van der Waals surface area (Å²) in [5.74, 6) is -3.17. The molecule has 0 radical (unpaired) electrons. The lowest BCUT2D eigenvalue weighted by atomic mass is 10.0. The van der Waals surface area contributed by atoms with E-state index in [9.17, 15) is 34.2 Å². The van der Waals surface area contributed by atoms with Crippen LogP contribution in [0.1, 0.15) is 22.0 Å². The first kappa shape index (κ1) is 29.9. The van der Waals surface area contributed by atoms with Crippen molar-refractivity contribution in [2.75, 3.05) is 11.5 Å². The van der Waals surface area contributed by atoms with Crippen molar-refractivity contribution in [1.29, 1.82) is 0 Å². The molecular formula is C28H23N7O8S2. The number of hydrogen-bond donors (Lipinski definition) is 4. The van der Waals surface area contributed by atoms with Crippen molar-refractivity contribution in [3.63, 3.8) is 0 Å². The Hall–Kier alpha value is -5.16. The summed E-state index contributed by atoms with van der Waals surface area (Å²) in [7, 11) is 1.65. The standard InChI is InChI=1S/C28H23N7O8S2/c1-34-28(31-32-33-34)45-12-14-11-44-26-20(25(40)35(26)21(14)27(41)42)30-24(39)19(13-6-8-15(36)9-7-13)29-23(38)17-10-43-18-5-3-2-4-16(18)22(17)37/h2-10,19-20,26,36H,11-12H2,1H3,(H,29,38)(H,30,39)(H,41,42)/t19?,20-,26+/m1/s1. The fourth-order valence-corrected chi connectivity index (χ4v) is 7.27. The molecule has 4 N–H and O–H groups in total. The van der Waals surface area contributed by atoms with Crippen LogP contribution >= 0.6 is 23.5 Å². The summed E-state index contributed by atoms with van der Waals surface area (Å²) in [6.45, 7) is 0. The van der Waals surface area contributed by atoms with Crippen LogP contribution in [0.5, 0.6) is 5.75 Å². The van der Waals surface area contributed by atoms with Crippen LogP contribution in [0.4, 0.5) is 0 Å². The molecule has 4 aromatic rings. The number of tetrazole rings is 1. The van der Waals surface area contributed by atoms with Crippen molar-refractivity contribution in [3.8, 4) is 5.75 Å². The van der Waals surface area contributed by atoms with Crippen LogP contribution in [0, 0.1) is 0 Å². The Morgan fingerprint density at radius 2 is 1.91 bits per heavy atom. The molecule has 4 heterocycles. The summed E-state index contributed by atoms with van der Waals surface area (Å²) in [6.07, 6.45) is 1.01. The largest absolute Gasteiger partial charge is 0.508 e. The van der Waals surface area contributed by atoms with E-state index in [4.69, 9.17) is 4.42 Å². The molecule has 2 aromatic carbocycles. The van der Waals surface area contributed by atoms with Gasteiger partial charge < -0.3 is 25.3 Å². The van der Waals surface area contributed by atoms with E-state index in [1.54, 1.807) is 25.2 Å². The molecule has 15 nitrogen and oxygen atoms in total. The predicted molar refractivity (Wildman–Crippen MR) is 160 cm³/mol. The number of amides is 3. The van der Waals surface area contributed by atoms with E-state index in [0.717, 1.165) is 11.2 Å². The molecule has 45 heavy (non-hydrogen) atoms. The molecular weight excluding hydrogens is 626 g/mol. The minimum atomic E-state index is -1.39. The van der Waals surface area contributed by atoms with Crippen LogP contribution in [-0.2, 0) is 21.4 Å².